The normalized spacial score (nSPS) is 18.5. The smallest absolute Gasteiger partial charge is 0.264 e. The number of piperazine rings is 1. The number of rotatable bonds is 5. The van der Waals surface area contributed by atoms with Gasteiger partial charge in [0.25, 0.3) is 5.91 Å². The fourth-order valence-electron chi connectivity index (χ4n) is 3.63. The summed E-state index contributed by atoms with van der Waals surface area (Å²) in [5, 5.41) is 3.46. The number of benzene rings is 2. The summed E-state index contributed by atoms with van der Waals surface area (Å²) in [6.07, 6.45) is 0. The highest BCUT2D eigenvalue weighted by molar-refractivity contribution is 6.11. The summed E-state index contributed by atoms with van der Waals surface area (Å²) in [7, 11) is 0. The first kappa shape index (κ1) is 20.1. The summed E-state index contributed by atoms with van der Waals surface area (Å²) < 4.78 is 0. The number of nitrogens with zero attached hydrogens (tertiary/aromatic N) is 2. The first-order valence-corrected chi connectivity index (χ1v) is 9.80. The first-order valence-electron chi connectivity index (χ1n) is 9.80. The number of para-hydroxylation sites is 1. The minimum Gasteiger partial charge on any atom is -0.398 e. The second-order valence-corrected chi connectivity index (χ2v) is 7.58. The lowest BCUT2D eigenvalue weighted by Crippen LogP contribution is -2.54. The second-order valence-electron chi connectivity index (χ2n) is 7.58. The van der Waals surface area contributed by atoms with Crippen LogP contribution in [0.4, 0.5) is 11.4 Å². The summed E-state index contributed by atoms with van der Waals surface area (Å²) in [5.41, 5.74) is 9.77. The van der Waals surface area contributed by atoms with Crippen molar-refractivity contribution in [1.29, 1.82) is 0 Å². The average molecular weight is 379 g/mol. The van der Waals surface area contributed by atoms with E-state index in [2.05, 4.69) is 30.6 Å². The molecule has 0 saturated carbocycles. The Bertz CT molecular complexity index is 846. The van der Waals surface area contributed by atoms with Crippen LogP contribution in [-0.4, -0.2) is 42.5 Å². The molecule has 2 aromatic carbocycles. The Morgan fingerprint density at radius 2 is 1.93 bits per heavy atom. The minimum absolute atomic E-state index is 0.0275. The number of aryl methyl sites for hydroxylation is 1. The SMILES string of the molecule is C=C(C(C)N1CCNC(C)C1)N(C(=O)c1ccccc1N)c1ccc(C)cc1. The lowest BCUT2D eigenvalue weighted by molar-refractivity contribution is 0.0986. The third-order valence-electron chi connectivity index (χ3n) is 5.40. The Kier molecular flexibility index (Phi) is 6.17. The molecule has 3 N–H and O–H groups in total. The zero-order valence-electron chi connectivity index (χ0n) is 17.0. The Balaban J connectivity index is 1.96. The van der Waals surface area contributed by atoms with Gasteiger partial charge in [0.05, 0.1) is 5.56 Å². The predicted molar refractivity (Wildman–Crippen MR) is 116 cm³/mol. The Morgan fingerprint density at radius 3 is 2.57 bits per heavy atom. The highest BCUT2D eigenvalue weighted by Gasteiger charge is 2.29. The van der Waals surface area contributed by atoms with Crippen LogP contribution in [0.3, 0.4) is 0 Å². The molecule has 2 unspecified atom stereocenters. The maximum atomic E-state index is 13.5. The van der Waals surface area contributed by atoms with E-state index in [-0.39, 0.29) is 11.9 Å². The molecule has 28 heavy (non-hydrogen) atoms. The van der Waals surface area contributed by atoms with E-state index in [1.165, 1.54) is 0 Å². The van der Waals surface area contributed by atoms with E-state index in [9.17, 15) is 4.79 Å². The number of amides is 1. The zero-order chi connectivity index (χ0) is 20.3. The lowest BCUT2D eigenvalue weighted by atomic mass is 10.1. The van der Waals surface area contributed by atoms with Crippen LogP contribution < -0.4 is 16.0 Å². The number of hydrogen-bond acceptors (Lipinski definition) is 4. The van der Waals surface area contributed by atoms with Gasteiger partial charge in [0.15, 0.2) is 0 Å². The van der Waals surface area contributed by atoms with Gasteiger partial charge in [-0.05, 0) is 45.0 Å². The highest BCUT2D eigenvalue weighted by Crippen LogP contribution is 2.27. The largest absolute Gasteiger partial charge is 0.398 e. The van der Waals surface area contributed by atoms with Crippen molar-refractivity contribution in [2.75, 3.05) is 30.3 Å². The van der Waals surface area contributed by atoms with Gasteiger partial charge in [0, 0.05) is 48.8 Å². The van der Waals surface area contributed by atoms with E-state index in [0.717, 1.165) is 36.6 Å². The number of nitrogens with one attached hydrogen (secondary N) is 1. The molecule has 0 radical (unpaired) electrons. The van der Waals surface area contributed by atoms with Crippen LogP contribution in [-0.2, 0) is 0 Å². The molecular weight excluding hydrogens is 348 g/mol. The third kappa shape index (κ3) is 4.26. The second kappa shape index (κ2) is 8.59. The summed E-state index contributed by atoms with van der Waals surface area (Å²) in [6.45, 7) is 13.4. The van der Waals surface area contributed by atoms with Gasteiger partial charge in [-0.3, -0.25) is 14.6 Å². The lowest BCUT2D eigenvalue weighted by Gasteiger charge is -2.39. The fourth-order valence-corrected chi connectivity index (χ4v) is 3.63. The van der Waals surface area contributed by atoms with Crippen molar-refractivity contribution in [1.82, 2.24) is 10.2 Å². The van der Waals surface area contributed by atoms with E-state index in [0.29, 0.717) is 17.3 Å². The van der Waals surface area contributed by atoms with Gasteiger partial charge in [-0.1, -0.05) is 36.4 Å². The molecule has 0 spiro atoms. The van der Waals surface area contributed by atoms with Gasteiger partial charge in [0.2, 0.25) is 0 Å². The zero-order valence-corrected chi connectivity index (χ0v) is 17.0. The van der Waals surface area contributed by atoms with Crippen LogP contribution in [0.15, 0.2) is 60.8 Å². The molecule has 5 heteroatoms. The van der Waals surface area contributed by atoms with E-state index in [4.69, 9.17) is 5.73 Å². The van der Waals surface area contributed by atoms with Crippen molar-refractivity contribution in [3.8, 4) is 0 Å². The van der Waals surface area contributed by atoms with Gasteiger partial charge in [-0.25, -0.2) is 0 Å². The van der Waals surface area contributed by atoms with Crippen molar-refractivity contribution in [3.05, 3.63) is 71.9 Å². The van der Waals surface area contributed by atoms with E-state index < -0.39 is 0 Å². The van der Waals surface area contributed by atoms with Crippen molar-refractivity contribution >= 4 is 17.3 Å². The molecule has 3 rings (SSSR count). The molecule has 0 bridgehead atoms. The van der Waals surface area contributed by atoms with Crippen LogP contribution in [0.1, 0.15) is 29.8 Å². The van der Waals surface area contributed by atoms with Crippen LogP contribution in [0.25, 0.3) is 0 Å². The van der Waals surface area contributed by atoms with Crippen LogP contribution in [0, 0.1) is 6.92 Å². The number of anilines is 2. The highest BCUT2D eigenvalue weighted by atomic mass is 16.2. The Morgan fingerprint density at radius 1 is 1.25 bits per heavy atom. The molecule has 2 atom stereocenters. The first-order chi connectivity index (χ1) is 13.4. The summed E-state index contributed by atoms with van der Waals surface area (Å²) in [5.74, 6) is -0.151. The summed E-state index contributed by atoms with van der Waals surface area (Å²) in [4.78, 5) is 17.6. The van der Waals surface area contributed by atoms with Gasteiger partial charge in [0.1, 0.15) is 0 Å². The molecule has 5 nitrogen and oxygen atoms in total. The van der Waals surface area contributed by atoms with Gasteiger partial charge in [-0.15, -0.1) is 0 Å². The van der Waals surface area contributed by atoms with Crippen molar-refractivity contribution in [2.24, 2.45) is 0 Å². The molecular formula is C23H30N4O. The maximum Gasteiger partial charge on any atom is 0.264 e. The standard InChI is InChI=1S/C23H30N4O/c1-16-9-11-20(12-10-16)27(23(28)21-7-5-6-8-22(21)24)19(4)18(3)26-14-13-25-17(2)15-26/h5-12,17-18,25H,4,13-15,24H2,1-3H3. The van der Waals surface area contributed by atoms with E-state index >= 15 is 0 Å². The average Bonchev–Trinajstić information content (AvgIpc) is 2.69. The molecule has 1 heterocycles. The van der Waals surface area contributed by atoms with Crippen LogP contribution in [0.5, 0.6) is 0 Å². The molecule has 1 aliphatic rings. The predicted octanol–water partition coefficient (Wildman–Crippen LogP) is 3.42. The topological polar surface area (TPSA) is 61.6 Å². The Labute approximate surface area is 167 Å². The van der Waals surface area contributed by atoms with Crippen LogP contribution >= 0.6 is 0 Å². The van der Waals surface area contributed by atoms with E-state index in [1.54, 1.807) is 17.0 Å². The van der Waals surface area contributed by atoms with Crippen LogP contribution in [0.2, 0.25) is 0 Å². The quantitative estimate of drug-likeness (QED) is 0.783. The van der Waals surface area contributed by atoms with Gasteiger partial charge >= 0.3 is 0 Å². The third-order valence-corrected chi connectivity index (χ3v) is 5.40. The summed E-state index contributed by atoms with van der Waals surface area (Å²) in [6, 6.07) is 15.6. The van der Waals surface area contributed by atoms with Crippen molar-refractivity contribution < 1.29 is 4.79 Å². The number of hydrogen-bond donors (Lipinski definition) is 2. The molecule has 0 aliphatic carbocycles. The van der Waals surface area contributed by atoms with Gasteiger partial charge in [-0.2, -0.15) is 0 Å². The molecule has 0 aromatic heterocycles. The fraction of sp³-hybridized carbons (Fsp3) is 0.348. The number of carbonyl (C=O) groups is 1. The minimum atomic E-state index is -0.151. The Hall–Kier alpha value is -2.63. The number of carbonyl (C=O) groups excluding carboxylic acids is 1. The molecule has 1 saturated heterocycles. The molecule has 2 aromatic rings. The number of nitrogens with two attached hydrogens (primary N) is 1. The van der Waals surface area contributed by atoms with Crippen molar-refractivity contribution in [2.45, 2.75) is 32.9 Å². The molecule has 1 aliphatic heterocycles. The maximum absolute atomic E-state index is 13.5. The van der Waals surface area contributed by atoms with Crippen molar-refractivity contribution in [3.63, 3.8) is 0 Å². The molecule has 148 valence electrons. The monoisotopic (exact) mass is 378 g/mol. The molecule has 1 fully saturated rings. The van der Waals surface area contributed by atoms with E-state index in [1.807, 2.05) is 43.3 Å². The summed E-state index contributed by atoms with van der Waals surface area (Å²) >= 11 is 0. The molecule has 1 amide bonds. The number of nitrogen functional groups attached to an aromatic ring is 1. The van der Waals surface area contributed by atoms with Gasteiger partial charge < -0.3 is 11.1 Å².